The van der Waals surface area contributed by atoms with Gasteiger partial charge in [-0.3, -0.25) is 4.98 Å². The largest absolute Gasteiger partial charge is 0.417 e. The highest BCUT2D eigenvalue weighted by Crippen LogP contribution is 2.25. The van der Waals surface area contributed by atoms with E-state index in [-0.39, 0.29) is 6.61 Å². The number of fused-ring (bicyclic) bond motifs is 1. The molecule has 0 amide bonds. The van der Waals surface area contributed by atoms with E-state index >= 15 is 0 Å². The van der Waals surface area contributed by atoms with Gasteiger partial charge in [-0.25, -0.2) is 4.79 Å². The molecule has 2 aromatic rings. The molecule has 0 aliphatic rings. The Bertz CT molecular complexity index is 568. The Morgan fingerprint density at radius 2 is 2.29 bits per heavy atom. The molecule has 0 aliphatic carbocycles. The van der Waals surface area contributed by atoms with Crippen LogP contribution in [0.25, 0.3) is 11.1 Å². The number of benzene rings is 1. The van der Waals surface area contributed by atoms with Crippen LogP contribution in [-0.4, -0.2) is 16.7 Å². The summed E-state index contributed by atoms with van der Waals surface area (Å²) in [6.07, 6.45) is 1.32. The molecule has 5 nitrogen and oxygen atoms in total. The minimum atomic E-state index is -0.523. The number of hydrogen-bond donors (Lipinski definition) is 3. The standard InChI is InChI=1S/C12H16N2O3/c1-12(13,5-2-6-15)8-3-4-10-9(7-8)14-11(16)17-10/h3-4,7,15H,2,5-6,13H2,1H3,(H,14,16). The maximum atomic E-state index is 11.0. The van der Waals surface area contributed by atoms with Crippen molar-refractivity contribution in [3.8, 4) is 0 Å². The molecule has 1 atom stereocenters. The van der Waals surface area contributed by atoms with Crippen molar-refractivity contribution in [2.24, 2.45) is 5.73 Å². The highest BCUT2D eigenvalue weighted by Gasteiger charge is 2.21. The highest BCUT2D eigenvalue weighted by molar-refractivity contribution is 5.73. The summed E-state index contributed by atoms with van der Waals surface area (Å²) in [6.45, 7) is 2.03. The van der Waals surface area contributed by atoms with Gasteiger partial charge in [-0.2, -0.15) is 0 Å². The molecule has 0 radical (unpaired) electrons. The fourth-order valence-corrected chi connectivity index (χ4v) is 1.90. The van der Waals surface area contributed by atoms with Gasteiger partial charge in [0.25, 0.3) is 0 Å². The number of nitrogens with one attached hydrogen (secondary N) is 1. The van der Waals surface area contributed by atoms with Gasteiger partial charge in [-0.1, -0.05) is 6.07 Å². The normalized spacial score (nSPS) is 15.0. The van der Waals surface area contributed by atoms with E-state index in [1.807, 2.05) is 19.1 Å². The monoisotopic (exact) mass is 236 g/mol. The number of aromatic amines is 1. The molecule has 1 aromatic carbocycles. The molecule has 0 aliphatic heterocycles. The molecule has 1 unspecified atom stereocenters. The van der Waals surface area contributed by atoms with Crippen LogP contribution in [0.4, 0.5) is 0 Å². The minimum Gasteiger partial charge on any atom is -0.408 e. The summed E-state index contributed by atoms with van der Waals surface area (Å²) in [5, 5.41) is 8.83. The number of aliphatic hydroxyl groups is 1. The minimum absolute atomic E-state index is 0.123. The summed E-state index contributed by atoms with van der Waals surface area (Å²) in [7, 11) is 0. The van der Waals surface area contributed by atoms with Gasteiger partial charge in [0.1, 0.15) is 0 Å². The van der Waals surface area contributed by atoms with E-state index < -0.39 is 11.3 Å². The lowest BCUT2D eigenvalue weighted by molar-refractivity contribution is 0.266. The van der Waals surface area contributed by atoms with Crippen LogP contribution in [0, 0.1) is 0 Å². The fourth-order valence-electron chi connectivity index (χ4n) is 1.90. The number of aliphatic hydroxyl groups excluding tert-OH is 1. The van der Waals surface area contributed by atoms with Crippen LogP contribution >= 0.6 is 0 Å². The van der Waals surface area contributed by atoms with Crippen molar-refractivity contribution in [2.45, 2.75) is 25.3 Å². The second-order valence-corrected chi connectivity index (χ2v) is 4.47. The zero-order valence-corrected chi connectivity index (χ0v) is 9.69. The first kappa shape index (κ1) is 11.9. The maximum Gasteiger partial charge on any atom is 0.417 e. The molecule has 92 valence electrons. The summed E-state index contributed by atoms with van der Waals surface area (Å²) >= 11 is 0. The molecule has 0 saturated carbocycles. The molecular weight excluding hydrogens is 220 g/mol. The van der Waals surface area contributed by atoms with Gasteiger partial charge in [0.05, 0.1) is 5.52 Å². The topological polar surface area (TPSA) is 92.2 Å². The first-order valence-electron chi connectivity index (χ1n) is 5.56. The van der Waals surface area contributed by atoms with E-state index in [0.29, 0.717) is 23.9 Å². The molecule has 0 bridgehead atoms. The summed E-state index contributed by atoms with van der Waals surface area (Å²) in [5.41, 5.74) is 7.75. The van der Waals surface area contributed by atoms with Crippen LogP contribution in [0.5, 0.6) is 0 Å². The molecule has 2 rings (SSSR count). The van der Waals surface area contributed by atoms with Gasteiger partial charge in [-0.15, -0.1) is 0 Å². The number of H-pyrrole nitrogens is 1. The van der Waals surface area contributed by atoms with Gasteiger partial charge < -0.3 is 15.3 Å². The number of rotatable bonds is 4. The zero-order valence-electron chi connectivity index (χ0n) is 9.69. The van der Waals surface area contributed by atoms with Gasteiger partial charge in [0.2, 0.25) is 0 Å². The second-order valence-electron chi connectivity index (χ2n) is 4.47. The number of hydrogen-bond acceptors (Lipinski definition) is 4. The number of aromatic nitrogens is 1. The third-order valence-electron chi connectivity index (χ3n) is 2.93. The highest BCUT2D eigenvalue weighted by atomic mass is 16.4. The molecular formula is C12H16N2O3. The van der Waals surface area contributed by atoms with Gasteiger partial charge in [0, 0.05) is 12.1 Å². The van der Waals surface area contributed by atoms with Crippen molar-refractivity contribution < 1.29 is 9.52 Å². The van der Waals surface area contributed by atoms with Crippen molar-refractivity contribution in [3.05, 3.63) is 34.3 Å². The smallest absolute Gasteiger partial charge is 0.408 e. The first-order chi connectivity index (χ1) is 8.03. The summed E-state index contributed by atoms with van der Waals surface area (Å²) < 4.78 is 4.92. The Morgan fingerprint density at radius 3 is 3.00 bits per heavy atom. The van der Waals surface area contributed by atoms with Crippen molar-refractivity contribution in [1.29, 1.82) is 0 Å². The summed E-state index contributed by atoms with van der Waals surface area (Å²) in [5.74, 6) is -0.466. The summed E-state index contributed by atoms with van der Waals surface area (Å²) in [4.78, 5) is 13.6. The number of oxazole rings is 1. The van der Waals surface area contributed by atoms with Gasteiger partial charge in [0.15, 0.2) is 5.58 Å². The molecule has 1 aromatic heterocycles. The van der Waals surface area contributed by atoms with Crippen molar-refractivity contribution >= 4 is 11.1 Å². The molecule has 0 spiro atoms. The molecule has 0 saturated heterocycles. The Labute approximate surface area is 98.2 Å². The fraction of sp³-hybridized carbons (Fsp3) is 0.417. The first-order valence-corrected chi connectivity index (χ1v) is 5.56. The van der Waals surface area contributed by atoms with Crippen LogP contribution in [-0.2, 0) is 5.54 Å². The molecule has 17 heavy (non-hydrogen) atoms. The predicted molar refractivity (Wildman–Crippen MR) is 64.7 cm³/mol. The Balaban J connectivity index is 2.37. The van der Waals surface area contributed by atoms with Crippen LogP contribution in [0.2, 0.25) is 0 Å². The molecule has 0 fully saturated rings. The summed E-state index contributed by atoms with van der Waals surface area (Å²) in [6, 6.07) is 5.39. The van der Waals surface area contributed by atoms with Crippen LogP contribution in [0.1, 0.15) is 25.3 Å². The van der Waals surface area contributed by atoms with Crippen LogP contribution in [0.3, 0.4) is 0 Å². The SMILES string of the molecule is CC(N)(CCCO)c1ccc2oc(=O)[nH]c2c1. The quantitative estimate of drug-likeness (QED) is 0.740. The van der Waals surface area contributed by atoms with E-state index in [0.717, 1.165) is 5.56 Å². The number of nitrogens with two attached hydrogens (primary N) is 1. The van der Waals surface area contributed by atoms with Gasteiger partial charge >= 0.3 is 5.76 Å². The Morgan fingerprint density at radius 1 is 1.53 bits per heavy atom. The van der Waals surface area contributed by atoms with E-state index in [2.05, 4.69) is 4.98 Å². The van der Waals surface area contributed by atoms with Crippen molar-refractivity contribution in [2.75, 3.05) is 6.61 Å². The van der Waals surface area contributed by atoms with Crippen LogP contribution in [0.15, 0.2) is 27.4 Å². The van der Waals surface area contributed by atoms with Crippen molar-refractivity contribution in [1.82, 2.24) is 4.98 Å². The molecule has 1 heterocycles. The molecule has 5 heteroatoms. The average molecular weight is 236 g/mol. The lowest BCUT2D eigenvalue weighted by atomic mass is 9.88. The van der Waals surface area contributed by atoms with E-state index in [1.54, 1.807) is 6.07 Å². The average Bonchev–Trinajstić information content (AvgIpc) is 2.65. The Kier molecular flexibility index (Phi) is 3.04. The van der Waals surface area contributed by atoms with Crippen molar-refractivity contribution in [3.63, 3.8) is 0 Å². The lowest BCUT2D eigenvalue weighted by Gasteiger charge is -2.24. The van der Waals surface area contributed by atoms with Crippen LogP contribution < -0.4 is 11.5 Å². The Hall–Kier alpha value is -1.59. The van der Waals surface area contributed by atoms with Gasteiger partial charge in [-0.05, 0) is 37.5 Å². The predicted octanol–water partition coefficient (Wildman–Crippen LogP) is 1.07. The second kappa shape index (κ2) is 4.35. The van der Waals surface area contributed by atoms with E-state index in [4.69, 9.17) is 15.3 Å². The third-order valence-corrected chi connectivity index (χ3v) is 2.93. The van der Waals surface area contributed by atoms with E-state index in [1.165, 1.54) is 0 Å². The third kappa shape index (κ3) is 2.40. The zero-order chi connectivity index (χ0) is 12.5. The van der Waals surface area contributed by atoms with E-state index in [9.17, 15) is 4.79 Å². The maximum absolute atomic E-state index is 11.0. The lowest BCUT2D eigenvalue weighted by Crippen LogP contribution is -2.33. The molecule has 4 N–H and O–H groups in total.